The summed E-state index contributed by atoms with van der Waals surface area (Å²) in [7, 11) is -4.27. The minimum atomic E-state index is -4.27. The van der Waals surface area contributed by atoms with Crippen molar-refractivity contribution in [1.82, 2.24) is 21.3 Å². The van der Waals surface area contributed by atoms with Crippen LogP contribution in [-0.2, 0) is 34.7 Å². The van der Waals surface area contributed by atoms with Gasteiger partial charge in [0.1, 0.15) is 11.6 Å². The van der Waals surface area contributed by atoms with Gasteiger partial charge in [-0.1, -0.05) is 43.5 Å². The Balaban J connectivity index is 1.89. The molecule has 3 rings (SSSR count). The van der Waals surface area contributed by atoms with E-state index in [4.69, 9.17) is 5.73 Å². The molecule has 13 nitrogen and oxygen atoms in total. The maximum Gasteiger partial charge on any atom is 0.329 e. The van der Waals surface area contributed by atoms with Crippen LogP contribution in [-0.4, -0.2) is 57.4 Å². The number of hydrogen-bond acceptors (Lipinski definition) is 6. The fraction of sp³-hybridized carbons (Fsp3) is 0.542. The van der Waals surface area contributed by atoms with E-state index in [1.165, 1.54) is 12.1 Å². The Morgan fingerprint density at radius 3 is 2.26 bits per heavy atom. The van der Waals surface area contributed by atoms with E-state index in [9.17, 15) is 38.3 Å². The van der Waals surface area contributed by atoms with Crippen LogP contribution in [0.3, 0.4) is 0 Å². The number of hydrogen-bond donors (Lipinski definition) is 7. The van der Waals surface area contributed by atoms with Gasteiger partial charge in [0.15, 0.2) is 0 Å². The third-order valence-electron chi connectivity index (χ3n) is 6.69. The van der Waals surface area contributed by atoms with Crippen LogP contribution >= 0.6 is 7.60 Å². The Morgan fingerprint density at radius 1 is 1.00 bits per heavy atom. The Morgan fingerprint density at radius 2 is 1.66 bits per heavy atom. The normalized spacial score (nSPS) is 23.4. The average molecular weight is 552 g/mol. The summed E-state index contributed by atoms with van der Waals surface area (Å²) in [5, 5.41) is 10.7. The SMILES string of the molecule is NC(=O)C[C@@H]1NC(=O)C2(CCCCC2)NC(=O)C[C@@H](c2ccc(CP(=O)(O)O)cc2)NC(=O)CCNC1=O. The predicted molar refractivity (Wildman–Crippen MR) is 135 cm³/mol. The lowest BCUT2D eigenvalue weighted by Gasteiger charge is -2.38. The highest BCUT2D eigenvalue weighted by Gasteiger charge is 2.43. The molecular weight excluding hydrogens is 517 g/mol. The third kappa shape index (κ3) is 8.37. The number of amides is 5. The van der Waals surface area contributed by atoms with Crippen LogP contribution in [0.5, 0.6) is 0 Å². The number of rotatable bonds is 5. The molecule has 0 aromatic heterocycles. The van der Waals surface area contributed by atoms with Crippen molar-refractivity contribution in [3.05, 3.63) is 35.4 Å². The number of carbonyl (C=O) groups excluding carboxylic acids is 5. The van der Waals surface area contributed by atoms with Crippen molar-refractivity contribution >= 4 is 37.1 Å². The average Bonchev–Trinajstić information content (AvgIpc) is 2.82. The van der Waals surface area contributed by atoms with Gasteiger partial charge in [-0.15, -0.1) is 0 Å². The number of primary amides is 1. The van der Waals surface area contributed by atoms with E-state index in [0.29, 0.717) is 36.8 Å². The van der Waals surface area contributed by atoms with Crippen LogP contribution in [0.15, 0.2) is 24.3 Å². The monoisotopic (exact) mass is 551 g/mol. The van der Waals surface area contributed by atoms with Crippen molar-refractivity contribution in [2.45, 2.75) is 75.2 Å². The van der Waals surface area contributed by atoms with Crippen molar-refractivity contribution in [2.24, 2.45) is 5.73 Å². The lowest BCUT2D eigenvalue weighted by atomic mass is 9.80. The summed E-state index contributed by atoms with van der Waals surface area (Å²) >= 11 is 0. The van der Waals surface area contributed by atoms with E-state index in [-0.39, 0.29) is 19.4 Å². The summed E-state index contributed by atoms with van der Waals surface area (Å²) in [5.74, 6) is -2.99. The van der Waals surface area contributed by atoms with E-state index < -0.39 is 67.3 Å². The number of nitrogens with one attached hydrogen (secondary N) is 4. The zero-order valence-electron chi connectivity index (χ0n) is 20.9. The standard InChI is InChI=1S/C24H34N5O8P/c25-19(30)12-18-22(33)26-11-8-20(31)27-17(16-6-4-15(5-7-16)14-38(35,36)37)13-21(32)29-24(23(34)28-18)9-2-1-3-10-24/h4-7,17-18H,1-3,8-14H2,(H2,25,30)(H,26,33)(H,27,31)(H,28,34)(H,29,32)(H2,35,36,37)/t17-,18-/m0/s1. The van der Waals surface area contributed by atoms with Gasteiger partial charge in [0.2, 0.25) is 29.5 Å². The Labute approximate surface area is 219 Å². The van der Waals surface area contributed by atoms with Gasteiger partial charge in [-0.2, -0.15) is 0 Å². The minimum Gasteiger partial charge on any atom is -0.370 e. The van der Waals surface area contributed by atoms with Crippen LogP contribution in [0.2, 0.25) is 0 Å². The second-order valence-electron chi connectivity index (χ2n) is 9.82. The summed E-state index contributed by atoms with van der Waals surface area (Å²) in [6.45, 7) is -0.0823. The molecule has 0 radical (unpaired) electrons. The molecule has 208 valence electrons. The van der Waals surface area contributed by atoms with Crippen LogP contribution in [0.1, 0.15) is 68.5 Å². The van der Waals surface area contributed by atoms with Crippen molar-refractivity contribution in [3.63, 3.8) is 0 Å². The largest absolute Gasteiger partial charge is 0.370 e. The highest BCUT2D eigenvalue weighted by molar-refractivity contribution is 7.50. The molecule has 2 atom stereocenters. The molecule has 38 heavy (non-hydrogen) atoms. The molecule has 1 aromatic carbocycles. The number of benzene rings is 1. The minimum absolute atomic E-state index is 0.0823. The molecule has 2 fully saturated rings. The second-order valence-corrected chi connectivity index (χ2v) is 11.5. The molecule has 5 amide bonds. The van der Waals surface area contributed by atoms with E-state index in [0.717, 1.165) is 6.42 Å². The van der Waals surface area contributed by atoms with Gasteiger partial charge in [-0.05, 0) is 24.0 Å². The molecule has 1 aliphatic carbocycles. The predicted octanol–water partition coefficient (Wildman–Crippen LogP) is -0.389. The van der Waals surface area contributed by atoms with Crippen molar-refractivity contribution < 1.29 is 38.3 Å². The molecule has 14 heteroatoms. The first-order chi connectivity index (χ1) is 17.9. The molecule has 1 aromatic rings. The summed E-state index contributed by atoms with van der Waals surface area (Å²) < 4.78 is 11.3. The molecule has 1 spiro atoms. The highest BCUT2D eigenvalue weighted by atomic mass is 31.2. The molecule has 1 heterocycles. The summed E-state index contributed by atoms with van der Waals surface area (Å²) in [5.41, 5.74) is 4.90. The maximum absolute atomic E-state index is 13.4. The van der Waals surface area contributed by atoms with Crippen LogP contribution in [0.25, 0.3) is 0 Å². The first kappa shape index (κ1) is 29.3. The Bertz CT molecular complexity index is 1110. The van der Waals surface area contributed by atoms with Gasteiger partial charge < -0.3 is 36.8 Å². The van der Waals surface area contributed by atoms with Crippen LogP contribution in [0, 0.1) is 0 Å². The molecule has 8 N–H and O–H groups in total. The van der Waals surface area contributed by atoms with Crippen molar-refractivity contribution in [3.8, 4) is 0 Å². The number of nitrogens with two attached hydrogens (primary N) is 1. The second kappa shape index (κ2) is 12.5. The zero-order chi connectivity index (χ0) is 27.9. The quantitative estimate of drug-likeness (QED) is 0.239. The first-order valence-corrected chi connectivity index (χ1v) is 14.3. The topological polar surface area (TPSA) is 217 Å². The summed E-state index contributed by atoms with van der Waals surface area (Å²) in [6, 6.07) is 4.13. The van der Waals surface area contributed by atoms with E-state index in [1.807, 2.05) is 0 Å². The van der Waals surface area contributed by atoms with E-state index >= 15 is 0 Å². The van der Waals surface area contributed by atoms with Crippen molar-refractivity contribution in [1.29, 1.82) is 0 Å². The van der Waals surface area contributed by atoms with Gasteiger partial charge in [0.25, 0.3) is 0 Å². The molecule has 2 aliphatic rings. The molecular formula is C24H34N5O8P. The molecule has 0 bridgehead atoms. The summed E-state index contributed by atoms with van der Waals surface area (Å²) in [6.07, 6.45) is 1.66. The zero-order valence-corrected chi connectivity index (χ0v) is 21.8. The summed E-state index contributed by atoms with van der Waals surface area (Å²) in [4.78, 5) is 82.0. The number of carbonyl (C=O) groups is 5. The van der Waals surface area contributed by atoms with Gasteiger partial charge in [0.05, 0.1) is 25.0 Å². The van der Waals surface area contributed by atoms with Crippen LogP contribution < -0.4 is 27.0 Å². The van der Waals surface area contributed by atoms with E-state index in [2.05, 4.69) is 21.3 Å². The fourth-order valence-electron chi connectivity index (χ4n) is 4.81. The van der Waals surface area contributed by atoms with Gasteiger partial charge in [-0.25, -0.2) is 0 Å². The lowest BCUT2D eigenvalue weighted by Crippen LogP contribution is -2.63. The van der Waals surface area contributed by atoms with Gasteiger partial charge >= 0.3 is 7.60 Å². The van der Waals surface area contributed by atoms with Gasteiger partial charge in [-0.3, -0.25) is 28.5 Å². The first-order valence-electron chi connectivity index (χ1n) is 12.5. The van der Waals surface area contributed by atoms with Gasteiger partial charge in [0, 0.05) is 13.0 Å². The van der Waals surface area contributed by atoms with Crippen LogP contribution in [0.4, 0.5) is 0 Å². The molecule has 1 saturated heterocycles. The fourth-order valence-corrected chi connectivity index (χ4v) is 5.50. The smallest absolute Gasteiger partial charge is 0.329 e. The van der Waals surface area contributed by atoms with Crippen molar-refractivity contribution in [2.75, 3.05) is 6.54 Å². The molecule has 1 saturated carbocycles. The maximum atomic E-state index is 13.4. The highest BCUT2D eigenvalue weighted by Crippen LogP contribution is 2.39. The Hall–Kier alpha value is -3.28. The molecule has 1 aliphatic heterocycles. The van der Waals surface area contributed by atoms with E-state index in [1.54, 1.807) is 12.1 Å². The molecule has 0 unspecified atom stereocenters. The third-order valence-corrected chi connectivity index (χ3v) is 7.47. The Kier molecular flexibility index (Phi) is 9.64. The lowest BCUT2D eigenvalue weighted by molar-refractivity contribution is -0.138.